The van der Waals surface area contributed by atoms with Gasteiger partial charge in [0, 0.05) is 6.04 Å². The summed E-state index contributed by atoms with van der Waals surface area (Å²) in [4.78, 5) is 0.340. The van der Waals surface area contributed by atoms with E-state index in [1.54, 1.807) is 13.1 Å². The van der Waals surface area contributed by atoms with E-state index in [9.17, 15) is 8.42 Å². The Morgan fingerprint density at radius 3 is 2.80 bits per heavy atom. The van der Waals surface area contributed by atoms with Crippen molar-refractivity contribution in [3.8, 4) is 5.75 Å². The van der Waals surface area contributed by atoms with Gasteiger partial charge in [0.2, 0.25) is 0 Å². The van der Waals surface area contributed by atoms with E-state index < -0.39 is 9.84 Å². The number of hydrogen-bond acceptors (Lipinski definition) is 4. The average molecular weight is 227 g/mol. The average Bonchev–Trinajstić information content (AvgIpc) is 2.50. The van der Waals surface area contributed by atoms with Gasteiger partial charge in [-0.2, -0.15) is 0 Å². The summed E-state index contributed by atoms with van der Waals surface area (Å²) in [7, 11) is 0.0455. The Hall–Kier alpha value is -1.07. The minimum absolute atomic E-state index is 0.110. The molecule has 1 aromatic carbocycles. The van der Waals surface area contributed by atoms with Crippen LogP contribution < -0.4 is 10.1 Å². The lowest BCUT2D eigenvalue weighted by Gasteiger charge is -2.08. The van der Waals surface area contributed by atoms with Crippen LogP contribution in [0.1, 0.15) is 11.6 Å². The van der Waals surface area contributed by atoms with Crippen molar-refractivity contribution >= 4 is 9.84 Å². The van der Waals surface area contributed by atoms with Crippen molar-refractivity contribution < 1.29 is 13.2 Å². The van der Waals surface area contributed by atoms with E-state index >= 15 is 0 Å². The molecule has 0 amide bonds. The van der Waals surface area contributed by atoms with Gasteiger partial charge in [0.1, 0.15) is 10.6 Å². The second-order valence-corrected chi connectivity index (χ2v) is 5.47. The van der Waals surface area contributed by atoms with E-state index in [0.717, 1.165) is 5.56 Å². The summed E-state index contributed by atoms with van der Waals surface area (Å²) in [6.45, 7) is 0. The molecule has 2 rings (SSSR count). The van der Waals surface area contributed by atoms with Gasteiger partial charge in [-0.3, -0.25) is 0 Å². The van der Waals surface area contributed by atoms with Crippen LogP contribution in [0.25, 0.3) is 0 Å². The van der Waals surface area contributed by atoms with Crippen LogP contribution in [-0.4, -0.2) is 28.3 Å². The van der Waals surface area contributed by atoms with Crippen molar-refractivity contribution in [1.29, 1.82) is 0 Å². The second-order valence-electron chi connectivity index (χ2n) is 3.50. The Kier molecular flexibility index (Phi) is 2.44. The zero-order valence-corrected chi connectivity index (χ0v) is 9.47. The molecule has 0 spiro atoms. The molecule has 1 unspecified atom stereocenters. The first-order chi connectivity index (χ1) is 7.10. The smallest absolute Gasteiger partial charge is 0.184 e. The summed E-state index contributed by atoms with van der Waals surface area (Å²) in [6, 6.07) is 5.18. The van der Waals surface area contributed by atoms with Gasteiger partial charge >= 0.3 is 0 Å². The SMILES string of the molecule is CNC1CS(=O)(=O)c2c(OC)cccc21. The lowest BCUT2D eigenvalue weighted by Crippen LogP contribution is -2.17. The van der Waals surface area contributed by atoms with Crippen molar-refractivity contribution in [3.05, 3.63) is 23.8 Å². The maximum Gasteiger partial charge on any atom is 0.184 e. The molecule has 1 atom stereocenters. The molecule has 0 fully saturated rings. The molecular formula is C10H13NO3S. The first kappa shape index (κ1) is 10.4. The van der Waals surface area contributed by atoms with Gasteiger partial charge in [-0.25, -0.2) is 8.42 Å². The third-order valence-corrected chi connectivity index (χ3v) is 4.48. The van der Waals surface area contributed by atoms with Gasteiger partial charge < -0.3 is 10.1 Å². The number of ether oxygens (including phenoxy) is 1. The van der Waals surface area contributed by atoms with Crippen LogP contribution in [0.15, 0.2) is 23.1 Å². The molecule has 0 radical (unpaired) electrons. The third kappa shape index (κ3) is 1.52. The van der Waals surface area contributed by atoms with Crippen LogP contribution in [0.4, 0.5) is 0 Å². The highest BCUT2D eigenvalue weighted by molar-refractivity contribution is 7.91. The van der Waals surface area contributed by atoms with Crippen molar-refractivity contribution in [2.45, 2.75) is 10.9 Å². The summed E-state index contributed by atoms with van der Waals surface area (Å²) >= 11 is 0. The molecule has 4 nitrogen and oxygen atoms in total. The Bertz CT molecular complexity index is 481. The monoisotopic (exact) mass is 227 g/mol. The van der Waals surface area contributed by atoms with E-state index in [4.69, 9.17) is 4.74 Å². The van der Waals surface area contributed by atoms with Gasteiger partial charge in [0.05, 0.1) is 12.9 Å². The highest BCUT2D eigenvalue weighted by Crippen LogP contribution is 2.38. The summed E-state index contributed by atoms with van der Waals surface area (Å²) in [5.41, 5.74) is 0.803. The predicted octanol–water partition coefficient (Wildman–Crippen LogP) is 0.743. The summed E-state index contributed by atoms with van der Waals surface area (Å²) in [6.07, 6.45) is 0. The molecule has 1 heterocycles. The first-order valence-corrected chi connectivity index (χ1v) is 6.32. The zero-order valence-electron chi connectivity index (χ0n) is 8.65. The number of sulfone groups is 1. The largest absolute Gasteiger partial charge is 0.495 e. The van der Waals surface area contributed by atoms with Crippen LogP contribution in [0, 0.1) is 0 Å². The maximum absolute atomic E-state index is 11.9. The zero-order chi connectivity index (χ0) is 11.1. The van der Waals surface area contributed by atoms with Crippen LogP contribution >= 0.6 is 0 Å². The van der Waals surface area contributed by atoms with E-state index in [0.29, 0.717) is 10.6 Å². The molecule has 0 aromatic heterocycles. The number of benzene rings is 1. The van der Waals surface area contributed by atoms with Crippen molar-refractivity contribution in [1.82, 2.24) is 5.32 Å². The van der Waals surface area contributed by atoms with E-state index in [-0.39, 0.29) is 11.8 Å². The maximum atomic E-state index is 11.9. The van der Waals surface area contributed by atoms with Gasteiger partial charge in [0.25, 0.3) is 0 Å². The van der Waals surface area contributed by atoms with Crippen LogP contribution in [0.3, 0.4) is 0 Å². The molecule has 0 saturated heterocycles. The van der Waals surface area contributed by atoms with Gasteiger partial charge in [-0.15, -0.1) is 0 Å². The lowest BCUT2D eigenvalue weighted by molar-refractivity contribution is 0.402. The molecule has 1 N–H and O–H groups in total. The number of fused-ring (bicyclic) bond motifs is 1. The van der Waals surface area contributed by atoms with Crippen molar-refractivity contribution in [2.75, 3.05) is 19.9 Å². The number of nitrogens with one attached hydrogen (secondary N) is 1. The van der Waals surface area contributed by atoms with Crippen molar-refractivity contribution in [3.63, 3.8) is 0 Å². The molecule has 0 saturated carbocycles. The first-order valence-electron chi connectivity index (χ1n) is 4.67. The fourth-order valence-corrected chi connectivity index (χ4v) is 3.91. The van der Waals surface area contributed by atoms with Crippen molar-refractivity contribution in [2.24, 2.45) is 0 Å². The molecule has 5 heteroatoms. The molecular weight excluding hydrogens is 214 g/mol. The number of rotatable bonds is 2. The van der Waals surface area contributed by atoms with Crippen LogP contribution in [-0.2, 0) is 9.84 Å². The highest BCUT2D eigenvalue weighted by atomic mass is 32.2. The quantitative estimate of drug-likeness (QED) is 0.809. The van der Waals surface area contributed by atoms with Crippen LogP contribution in [0.5, 0.6) is 5.75 Å². The van der Waals surface area contributed by atoms with Gasteiger partial charge in [0.15, 0.2) is 9.84 Å². The molecule has 0 aliphatic carbocycles. The molecule has 15 heavy (non-hydrogen) atoms. The normalized spacial score (nSPS) is 22.4. The fraction of sp³-hybridized carbons (Fsp3) is 0.400. The molecule has 82 valence electrons. The van der Waals surface area contributed by atoms with E-state index in [1.165, 1.54) is 7.11 Å². The van der Waals surface area contributed by atoms with E-state index in [2.05, 4.69) is 5.32 Å². The fourth-order valence-electron chi connectivity index (χ4n) is 1.93. The van der Waals surface area contributed by atoms with Gasteiger partial charge in [-0.05, 0) is 18.7 Å². The summed E-state index contributed by atoms with van der Waals surface area (Å²) in [5, 5.41) is 2.99. The lowest BCUT2D eigenvalue weighted by atomic mass is 10.1. The summed E-state index contributed by atoms with van der Waals surface area (Å²) in [5.74, 6) is 0.546. The molecule has 1 aliphatic heterocycles. The number of hydrogen-bond donors (Lipinski definition) is 1. The minimum Gasteiger partial charge on any atom is -0.495 e. The minimum atomic E-state index is -3.20. The topological polar surface area (TPSA) is 55.4 Å². The molecule has 0 bridgehead atoms. The highest BCUT2D eigenvalue weighted by Gasteiger charge is 2.36. The second kappa shape index (κ2) is 3.50. The Morgan fingerprint density at radius 1 is 1.47 bits per heavy atom. The number of methoxy groups -OCH3 is 1. The third-order valence-electron chi connectivity index (χ3n) is 2.65. The van der Waals surface area contributed by atoms with Gasteiger partial charge in [-0.1, -0.05) is 12.1 Å². The standard InChI is InChI=1S/C10H13NO3S/c1-11-8-6-15(12,13)10-7(8)4-3-5-9(10)14-2/h3-5,8,11H,6H2,1-2H3. The van der Waals surface area contributed by atoms with E-state index in [1.807, 2.05) is 12.1 Å². The Labute approximate surface area is 89.2 Å². The van der Waals surface area contributed by atoms with Crippen LogP contribution in [0.2, 0.25) is 0 Å². The molecule has 1 aliphatic rings. The predicted molar refractivity (Wildman–Crippen MR) is 56.8 cm³/mol. The Balaban J connectivity index is 2.69. The Morgan fingerprint density at radius 2 is 2.20 bits per heavy atom. The molecule has 1 aromatic rings. The summed E-state index contributed by atoms with van der Waals surface area (Å²) < 4.78 is 28.8.